The van der Waals surface area contributed by atoms with Gasteiger partial charge in [0, 0.05) is 18.0 Å². The van der Waals surface area contributed by atoms with Crippen molar-refractivity contribution in [3.05, 3.63) is 42.2 Å². The zero-order valence-electron chi connectivity index (χ0n) is 19.6. The number of hydrogen-bond acceptors (Lipinski definition) is 3. The van der Waals surface area contributed by atoms with Crippen molar-refractivity contribution in [2.24, 2.45) is 11.3 Å². The Balaban J connectivity index is 0.000000604. The summed E-state index contributed by atoms with van der Waals surface area (Å²) >= 11 is 0. The van der Waals surface area contributed by atoms with Crippen LogP contribution in [0.3, 0.4) is 0 Å². The van der Waals surface area contributed by atoms with Crippen molar-refractivity contribution in [2.45, 2.75) is 73.4 Å². The normalized spacial score (nSPS) is 14.1. The van der Waals surface area contributed by atoms with Gasteiger partial charge in [0.25, 0.3) is 0 Å². The van der Waals surface area contributed by atoms with E-state index in [2.05, 4.69) is 51.3 Å². The number of aryl methyl sites for hydroxylation is 1. The highest BCUT2D eigenvalue weighted by atomic mass is 19.4. The Morgan fingerprint density at radius 2 is 1.77 bits per heavy atom. The molecule has 4 nitrogen and oxygen atoms in total. The maximum Gasteiger partial charge on any atom is 0.394 e. The van der Waals surface area contributed by atoms with Crippen molar-refractivity contribution in [3.8, 4) is 11.7 Å². The molecule has 1 aliphatic carbocycles. The van der Waals surface area contributed by atoms with Crippen molar-refractivity contribution < 1.29 is 17.9 Å². The van der Waals surface area contributed by atoms with Crippen LogP contribution < -0.4 is 4.74 Å². The number of ether oxygens (including phenoxy) is 1. The molecule has 3 rings (SSSR count). The largest absolute Gasteiger partial charge is 0.477 e. The van der Waals surface area contributed by atoms with Crippen LogP contribution in [0.1, 0.15) is 71.6 Å². The minimum absolute atomic E-state index is 0.00161. The van der Waals surface area contributed by atoms with E-state index in [1.54, 1.807) is 24.4 Å². The number of rotatable bonds is 6. The third-order valence-electron chi connectivity index (χ3n) is 4.42. The smallest absolute Gasteiger partial charge is 0.394 e. The molecule has 0 amide bonds. The van der Waals surface area contributed by atoms with E-state index in [-0.39, 0.29) is 25.9 Å². The van der Waals surface area contributed by atoms with E-state index in [1.807, 2.05) is 13.0 Å². The quantitative estimate of drug-likeness (QED) is 0.470. The van der Waals surface area contributed by atoms with E-state index < -0.39 is 11.6 Å². The second-order valence-electron chi connectivity index (χ2n) is 8.46. The van der Waals surface area contributed by atoms with Crippen molar-refractivity contribution >= 4 is 6.08 Å². The van der Waals surface area contributed by atoms with Crippen LogP contribution in [0.4, 0.5) is 13.2 Å². The van der Waals surface area contributed by atoms with E-state index in [1.165, 1.54) is 11.1 Å². The molecule has 0 aliphatic heterocycles. The number of nitrogens with zero attached hydrogens (tertiary/aromatic N) is 3. The van der Waals surface area contributed by atoms with Crippen LogP contribution in [0.25, 0.3) is 11.9 Å². The number of alkyl halides is 3. The van der Waals surface area contributed by atoms with Gasteiger partial charge in [-0.15, -0.1) is 5.10 Å². The predicted octanol–water partition coefficient (Wildman–Crippen LogP) is 7.41. The van der Waals surface area contributed by atoms with Gasteiger partial charge in [0.05, 0.1) is 12.0 Å². The zero-order valence-corrected chi connectivity index (χ0v) is 19.6. The highest BCUT2D eigenvalue weighted by Crippen LogP contribution is 2.59. The number of hydrogen-bond donors (Lipinski definition) is 0. The number of halogens is 3. The molecule has 174 valence electrons. The average molecular weight is 440 g/mol. The summed E-state index contributed by atoms with van der Waals surface area (Å²) in [5.74, 6) is 1.74. The Labute approximate surface area is 184 Å². The van der Waals surface area contributed by atoms with Gasteiger partial charge in [0.15, 0.2) is 5.82 Å². The Kier molecular flexibility index (Phi) is 10.3. The van der Waals surface area contributed by atoms with Gasteiger partial charge in [0.1, 0.15) is 0 Å². The Hall–Kier alpha value is -2.31. The molecule has 1 saturated carbocycles. The van der Waals surface area contributed by atoms with Crippen LogP contribution in [0.5, 0.6) is 5.88 Å². The molecular weight excluding hydrogens is 403 g/mol. The van der Waals surface area contributed by atoms with Gasteiger partial charge >= 0.3 is 6.18 Å². The Bertz CT molecular complexity index is 806. The Morgan fingerprint density at radius 1 is 1.19 bits per heavy atom. The zero-order chi connectivity index (χ0) is 23.7. The third-order valence-corrected chi connectivity index (χ3v) is 4.42. The second-order valence-corrected chi connectivity index (χ2v) is 8.46. The first-order valence-corrected chi connectivity index (χ1v) is 10.8. The van der Waals surface area contributed by atoms with Gasteiger partial charge in [-0.25, -0.2) is 9.67 Å². The molecule has 0 radical (unpaired) electrons. The van der Waals surface area contributed by atoms with Gasteiger partial charge in [-0.05, 0) is 49.8 Å². The topological polar surface area (TPSA) is 39.9 Å². The molecule has 0 bridgehead atoms. The molecule has 0 spiro atoms. The van der Waals surface area contributed by atoms with Crippen LogP contribution >= 0.6 is 0 Å². The molecule has 0 atom stereocenters. The minimum Gasteiger partial charge on any atom is -0.477 e. The summed E-state index contributed by atoms with van der Waals surface area (Å²) in [6, 6.07) is 5.29. The van der Waals surface area contributed by atoms with Crippen LogP contribution in [-0.2, 0) is 0 Å². The minimum atomic E-state index is -4.15. The predicted molar refractivity (Wildman–Crippen MR) is 120 cm³/mol. The molecule has 2 aromatic heterocycles. The highest BCUT2D eigenvalue weighted by Gasteiger charge is 2.62. The standard InChI is InChI=1S/C17H18F3N3O.C4H10.C3H8/c1-3-13-4-5-14(21-12(13)2)23-10-6-15(22-23)24-11-9-16(7-8-16)17(18,19)20;1-4(2)3;1-3-2/h3-6,10H,1,7-9,11H2,2H3;4H,1-3H3;3H2,1-2H3. The summed E-state index contributed by atoms with van der Waals surface area (Å²) in [7, 11) is 0. The summed E-state index contributed by atoms with van der Waals surface area (Å²) in [5, 5.41) is 4.20. The van der Waals surface area contributed by atoms with E-state index in [0.717, 1.165) is 17.2 Å². The van der Waals surface area contributed by atoms with Crippen LogP contribution in [0.15, 0.2) is 31.0 Å². The molecule has 0 saturated heterocycles. The van der Waals surface area contributed by atoms with Crippen molar-refractivity contribution in [3.63, 3.8) is 0 Å². The summed E-state index contributed by atoms with van der Waals surface area (Å²) in [4.78, 5) is 4.41. The molecule has 0 unspecified atom stereocenters. The summed E-state index contributed by atoms with van der Waals surface area (Å²) < 4.78 is 45.5. The van der Waals surface area contributed by atoms with Gasteiger partial charge in [-0.1, -0.05) is 53.7 Å². The molecule has 7 heteroatoms. The Morgan fingerprint density at radius 3 is 2.23 bits per heavy atom. The summed E-state index contributed by atoms with van der Waals surface area (Å²) in [6.07, 6.45) is 0.832. The van der Waals surface area contributed by atoms with Crippen LogP contribution in [-0.4, -0.2) is 27.5 Å². The highest BCUT2D eigenvalue weighted by molar-refractivity contribution is 5.50. The monoisotopic (exact) mass is 439 g/mol. The lowest BCUT2D eigenvalue weighted by Crippen LogP contribution is -2.26. The van der Waals surface area contributed by atoms with Gasteiger partial charge in [-0.2, -0.15) is 13.2 Å². The van der Waals surface area contributed by atoms with Gasteiger partial charge in [-0.3, -0.25) is 0 Å². The van der Waals surface area contributed by atoms with Crippen LogP contribution in [0.2, 0.25) is 0 Å². The summed E-state index contributed by atoms with van der Waals surface area (Å²) in [5.41, 5.74) is 0.208. The second kappa shape index (κ2) is 11.9. The first-order valence-electron chi connectivity index (χ1n) is 10.8. The first-order chi connectivity index (χ1) is 14.5. The lowest BCUT2D eigenvalue weighted by molar-refractivity contribution is -0.190. The molecule has 1 aliphatic rings. The maximum atomic E-state index is 12.9. The van der Waals surface area contributed by atoms with Crippen molar-refractivity contribution in [2.75, 3.05) is 6.61 Å². The SMILES string of the molecule is C=Cc1ccc(-n2ccc(OCCC3(C(F)(F)F)CC3)n2)nc1C.CC(C)C.CCC. The number of pyridine rings is 1. The van der Waals surface area contributed by atoms with Crippen molar-refractivity contribution in [1.29, 1.82) is 0 Å². The molecule has 31 heavy (non-hydrogen) atoms. The van der Waals surface area contributed by atoms with E-state index >= 15 is 0 Å². The third kappa shape index (κ3) is 8.38. The average Bonchev–Trinajstić information content (AvgIpc) is 3.32. The van der Waals surface area contributed by atoms with Gasteiger partial charge < -0.3 is 4.74 Å². The van der Waals surface area contributed by atoms with Gasteiger partial charge in [0.2, 0.25) is 5.88 Å². The molecule has 0 N–H and O–H groups in total. The lowest BCUT2D eigenvalue weighted by Gasteiger charge is -2.18. The van der Waals surface area contributed by atoms with E-state index in [0.29, 0.717) is 11.7 Å². The molecule has 0 aromatic carbocycles. The fourth-order valence-corrected chi connectivity index (χ4v) is 2.59. The first kappa shape index (κ1) is 26.7. The number of aromatic nitrogens is 3. The van der Waals surface area contributed by atoms with E-state index in [9.17, 15) is 13.2 Å². The molecular formula is C24H36F3N3O. The molecule has 2 heterocycles. The summed E-state index contributed by atoms with van der Waals surface area (Å²) in [6.45, 7) is 16.3. The van der Waals surface area contributed by atoms with Crippen molar-refractivity contribution in [1.82, 2.24) is 14.8 Å². The van der Waals surface area contributed by atoms with E-state index in [4.69, 9.17) is 4.74 Å². The van der Waals surface area contributed by atoms with Crippen LogP contribution in [0, 0.1) is 18.3 Å². The maximum absolute atomic E-state index is 12.9. The lowest BCUT2D eigenvalue weighted by atomic mass is 10.0. The molecule has 2 aromatic rings. The fourth-order valence-electron chi connectivity index (χ4n) is 2.59. The fraction of sp³-hybridized carbons (Fsp3) is 0.583. The molecule has 1 fully saturated rings.